The van der Waals surface area contributed by atoms with E-state index in [2.05, 4.69) is 4.98 Å². The highest BCUT2D eigenvalue weighted by atomic mass is 35.5. The van der Waals surface area contributed by atoms with Crippen LogP contribution >= 0.6 is 11.6 Å². The molecule has 0 aliphatic heterocycles. The van der Waals surface area contributed by atoms with Gasteiger partial charge in [-0.25, -0.2) is 4.98 Å². The second kappa shape index (κ2) is 1.99. The Morgan fingerprint density at radius 3 is 3.00 bits per heavy atom. The molecule has 0 fully saturated rings. The Hall–Kier alpha value is -1.02. The Bertz CT molecular complexity index is 353. The van der Waals surface area contributed by atoms with Gasteiger partial charge in [0, 0.05) is 11.7 Å². The molecule has 2 nitrogen and oxygen atoms in total. The maximum absolute atomic E-state index is 5.80. The van der Waals surface area contributed by atoms with Gasteiger partial charge in [-0.1, -0.05) is 11.6 Å². The van der Waals surface area contributed by atoms with E-state index in [9.17, 15) is 0 Å². The predicted molar refractivity (Wildman–Crippen MR) is 40.2 cm³/mol. The average Bonchev–Trinajstić information content (AvgIpc) is 2.34. The van der Waals surface area contributed by atoms with Crippen LogP contribution in [-0.4, -0.2) is 9.38 Å². The minimum atomic E-state index is 0.697. The molecule has 3 heteroatoms. The quantitative estimate of drug-likeness (QED) is 0.564. The van der Waals surface area contributed by atoms with E-state index < -0.39 is 0 Å². The Balaban J connectivity index is 2.93. The first-order chi connectivity index (χ1) is 4.88. The van der Waals surface area contributed by atoms with Gasteiger partial charge in [0.05, 0.1) is 0 Å². The minimum Gasteiger partial charge on any atom is -0.291 e. The molecule has 2 heterocycles. The average molecular weight is 153 g/mol. The highest BCUT2D eigenvalue weighted by Gasteiger charge is 1.94. The fraction of sp³-hybridized carbons (Fsp3) is 0. The molecular weight excluding hydrogens is 148 g/mol. The number of fused-ring (bicyclic) bond motifs is 1. The maximum atomic E-state index is 5.80. The molecule has 10 heavy (non-hydrogen) atoms. The Morgan fingerprint density at radius 2 is 2.20 bits per heavy atom. The number of hydrogen-bond acceptors (Lipinski definition) is 1. The van der Waals surface area contributed by atoms with Gasteiger partial charge >= 0.3 is 0 Å². The van der Waals surface area contributed by atoms with Crippen LogP contribution in [0.1, 0.15) is 0 Å². The largest absolute Gasteiger partial charge is 0.291 e. The van der Waals surface area contributed by atoms with Crippen molar-refractivity contribution in [3.8, 4) is 0 Å². The van der Waals surface area contributed by atoms with Gasteiger partial charge < -0.3 is 0 Å². The highest BCUT2D eigenvalue weighted by molar-refractivity contribution is 6.30. The third kappa shape index (κ3) is 0.693. The molecule has 0 saturated carbocycles. The van der Waals surface area contributed by atoms with Crippen molar-refractivity contribution in [2.24, 2.45) is 0 Å². The standard InChI is InChI=1S/C7H5ClN2/c8-7-2-1-6-3-4-9-5-10(6)7/h1-5H. The van der Waals surface area contributed by atoms with Crippen LogP contribution in [0.2, 0.25) is 5.15 Å². The highest BCUT2D eigenvalue weighted by Crippen LogP contribution is 2.12. The van der Waals surface area contributed by atoms with Crippen molar-refractivity contribution in [2.45, 2.75) is 0 Å². The summed E-state index contributed by atoms with van der Waals surface area (Å²) in [5.74, 6) is 0. The molecule has 2 aromatic heterocycles. The van der Waals surface area contributed by atoms with Gasteiger partial charge in [-0.15, -0.1) is 0 Å². The molecule has 0 atom stereocenters. The lowest BCUT2D eigenvalue weighted by molar-refractivity contribution is 1.10. The van der Waals surface area contributed by atoms with E-state index in [1.54, 1.807) is 12.5 Å². The fourth-order valence-corrected chi connectivity index (χ4v) is 1.12. The molecule has 2 rings (SSSR count). The summed E-state index contributed by atoms with van der Waals surface area (Å²) in [6, 6.07) is 5.70. The zero-order chi connectivity index (χ0) is 6.97. The normalized spacial score (nSPS) is 10.5. The van der Waals surface area contributed by atoms with Crippen molar-refractivity contribution in [2.75, 3.05) is 0 Å². The summed E-state index contributed by atoms with van der Waals surface area (Å²) in [5, 5.41) is 0.697. The number of aromatic nitrogens is 2. The summed E-state index contributed by atoms with van der Waals surface area (Å²) >= 11 is 5.80. The molecule has 0 N–H and O–H groups in total. The molecule has 0 radical (unpaired) electrons. The first-order valence-corrected chi connectivity index (χ1v) is 3.32. The van der Waals surface area contributed by atoms with Crippen LogP contribution in [0.15, 0.2) is 30.7 Å². The summed E-state index contributed by atoms with van der Waals surface area (Å²) < 4.78 is 1.82. The van der Waals surface area contributed by atoms with Gasteiger partial charge in [-0.3, -0.25) is 4.40 Å². The second-order valence-corrected chi connectivity index (χ2v) is 2.42. The van der Waals surface area contributed by atoms with Crippen LogP contribution in [0.25, 0.3) is 5.52 Å². The van der Waals surface area contributed by atoms with Crippen molar-refractivity contribution in [3.05, 3.63) is 35.9 Å². The molecule has 50 valence electrons. The van der Waals surface area contributed by atoms with E-state index in [4.69, 9.17) is 11.6 Å². The maximum Gasteiger partial charge on any atom is 0.114 e. The summed E-state index contributed by atoms with van der Waals surface area (Å²) in [5.41, 5.74) is 1.07. The lowest BCUT2D eigenvalue weighted by Gasteiger charge is -1.91. The predicted octanol–water partition coefficient (Wildman–Crippen LogP) is 1.99. The Labute approximate surface area is 63.1 Å². The van der Waals surface area contributed by atoms with Crippen LogP contribution in [0, 0.1) is 0 Å². The zero-order valence-electron chi connectivity index (χ0n) is 5.16. The van der Waals surface area contributed by atoms with Crippen LogP contribution in [0.5, 0.6) is 0 Å². The topological polar surface area (TPSA) is 17.3 Å². The summed E-state index contributed by atoms with van der Waals surface area (Å²) in [6.45, 7) is 0. The van der Waals surface area contributed by atoms with Crippen LogP contribution in [0.3, 0.4) is 0 Å². The molecule has 0 saturated heterocycles. The van der Waals surface area contributed by atoms with Gasteiger partial charge in [-0.2, -0.15) is 0 Å². The van der Waals surface area contributed by atoms with E-state index in [1.165, 1.54) is 0 Å². The fourth-order valence-electron chi connectivity index (χ4n) is 0.920. The molecular formula is C7H5ClN2. The molecule has 0 spiro atoms. The summed E-state index contributed by atoms with van der Waals surface area (Å²) in [7, 11) is 0. The SMILES string of the molecule is Clc1ccc2ccncn12. The van der Waals surface area contributed by atoms with E-state index in [1.807, 2.05) is 22.6 Å². The van der Waals surface area contributed by atoms with Gasteiger partial charge in [0.25, 0.3) is 0 Å². The van der Waals surface area contributed by atoms with E-state index in [0.717, 1.165) is 5.52 Å². The van der Waals surface area contributed by atoms with Crippen molar-refractivity contribution in [1.29, 1.82) is 0 Å². The molecule has 0 amide bonds. The van der Waals surface area contributed by atoms with Crippen molar-refractivity contribution < 1.29 is 0 Å². The van der Waals surface area contributed by atoms with Crippen LogP contribution in [0.4, 0.5) is 0 Å². The van der Waals surface area contributed by atoms with Crippen molar-refractivity contribution in [3.63, 3.8) is 0 Å². The van der Waals surface area contributed by atoms with E-state index in [0.29, 0.717) is 5.15 Å². The molecule has 0 bridgehead atoms. The monoisotopic (exact) mass is 152 g/mol. The molecule has 0 aliphatic carbocycles. The van der Waals surface area contributed by atoms with Gasteiger partial charge in [0.1, 0.15) is 11.5 Å². The smallest absolute Gasteiger partial charge is 0.114 e. The molecule has 0 aliphatic rings. The lowest BCUT2D eigenvalue weighted by atomic mass is 10.5. The van der Waals surface area contributed by atoms with Gasteiger partial charge in [-0.05, 0) is 18.2 Å². The van der Waals surface area contributed by atoms with E-state index in [-0.39, 0.29) is 0 Å². The molecule has 0 aromatic carbocycles. The number of halogens is 1. The van der Waals surface area contributed by atoms with Crippen molar-refractivity contribution >= 4 is 17.1 Å². The molecule has 2 aromatic rings. The van der Waals surface area contributed by atoms with E-state index >= 15 is 0 Å². The second-order valence-electron chi connectivity index (χ2n) is 2.03. The zero-order valence-corrected chi connectivity index (χ0v) is 5.92. The van der Waals surface area contributed by atoms with Gasteiger partial charge in [0.2, 0.25) is 0 Å². The number of hydrogen-bond donors (Lipinski definition) is 0. The first kappa shape index (κ1) is 5.74. The van der Waals surface area contributed by atoms with Crippen LogP contribution < -0.4 is 0 Å². The third-order valence-electron chi connectivity index (χ3n) is 1.41. The Kier molecular flexibility index (Phi) is 1.14. The summed E-state index contributed by atoms with van der Waals surface area (Å²) in [4.78, 5) is 3.92. The minimum absolute atomic E-state index is 0.697. The number of rotatable bonds is 0. The molecule has 0 unspecified atom stereocenters. The lowest BCUT2D eigenvalue weighted by Crippen LogP contribution is -1.82. The first-order valence-electron chi connectivity index (χ1n) is 2.94. The van der Waals surface area contributed by atoms with Gasteiger partial charge in [0.15, 0.2) is 0 Å². The van der Waals surface area contributed by atoms with Crippen LogP contribution in [-0.2, 0) is 0 Å². The van der Waals surface area contributed by atoms with Crippen molar-refractivity contribution in [1.82, 2.24) is 9.38 Å². The third-order valence-corrected chi connectivity index (χ3v) is 1.72. The summed E-state index contributed by atoms with van der Waals surface area (Å²) in [6.07, 6.45) is 3.43. The Morgan fingerprint density at radius 1 is 1.30 bits per heavy atom. The number of nitrogens with zero attached hydrogens (tertiary/aromatic N) is 2.